The van der Waals surface area contributed by atoms with Crippen LogP contribution in [0.4, 0.5) is 11.4 Å². The number of amides is 1. The molecule has 0 unspecified atom stereocenters. The summed E-state index contributed by atoms with van der Waals surface area (Å²) in [4.78, 5) is 12.7. The third-order valence-electron chi connectivity index (χ3n) is 4.43. The molecule has 1 heterocycles. The highest BCUT2D eigenvalue weighted by Gasteiger charge is 2.29. The van der Waals surface area contributed by atoms with Crippen LogP contribution in [-0.4, -0.2) is 27.3 Å². The van der Waals surface area contributed by atoms with Crippen LogP contribution in [0.15, 0.2) is 42.5 Å². The van der Waals surface area contributed by atoms with Gasteiger partial charge in [-0.2, -0.15) is 0 Å². The maximum absolute atomic E-state index is 12.7. The van der Waals surface area contributed by atoms with Gasteiger partial charge in [0.05, 0.1) is 22.0 Å². The van der Waals surface area contributed by atoms with Crippen molar-refractivity contribution in [3.8, 4) is 0 Å². The number of halogens is 1. The number of rotatable bonds is 4. The SMILES string of the molecule is CC(C)c1cccc(NC(=O)c2cc(N3CCCS3(O)O)ccc2Cl)c1. The second-order valence-corrected chi connectivity index (χ2v) is 9.21. The molecular formula is C19H23ClN2O3S. The zero-order valence-electron chi connectivity index (χ0n) is 14.8. The Morgan fingerprint density at radius 2 is 2.00 bits per heavy atom. The van der Waals surface area contributed by atoms with E-state index in [9.17, 15) is 13.9 Å². The third-order valence-corrected chi connectivity index (χ3v) is 6.69. The second kappa shape index (κ2) is 7.48. The van der Waals surface area contributed by atoms with Crippen LogP contribution in [0.1, 0.15) is 42.1 Å². The van der Waals surface area contributed by atoms with Crippen LogP contribution in [0, 0.1) is 0 Å². The maximum atomic E-state index is 12.7. The van der Waals surface area contributed by atoms with Crippen molar-refractivity contribution < 1.29 is 13.9 Å². The molecule has 5 nitrogen and oxygen atoms in total. The third kappa shape index (κ3) is 3.99. The van der Waals surface area contributed by atoms with Gasteiger partial charge in [-0.3, -0.25) is 18.2 Å². The first-order valence-corrected chi connectivity index (χ1v) is 10.6. The largest absolute Gasteiger partial charge is 0.322 e. The van der Waals surface area contributed by atoms with E-state index in [1.807, 2.05) is 24.3 Å². The van der Waals surface area contributed by atoms with Gasteiger partial charge in [-0.1, -0.05) is 37.6 Å². The summed E-state index contributed by atoms with van der Waals surface area (Å²) in [6.45, 7) is 4.73. The van der Waals surface area contributed by atoms with E-state index in [4.69, 9.17) is 11.6 Å². The minimum absolute atomic E-state index is 0.307. The normalized spacial score (nSPS) is 17.4. The summed E-state index contributed by atoms with van der Waals surface area (Å²) in [6.07, 6.45) is 0.703. The summed E-state index contributed by atoms with van der Waals surface area (Å²) < 4.78 is 21.9. The molecule has 7 heteroatoms. The quantitative estimate of drug-likeness (QED) is 0.631. The van der Waals surface area contributed by atoms with Gasteiger partial charge < -0.3 is 5.32 Å². The van der Waals surface area contributed by atoms with E-state index in [2.05, 4.69) is 19.2 Å². The fourth-order valence-corrected chi connectivity index (χ4v) is 4.79. The fourth-order valence-electron chi connectivity index (χ4n) is 2.97. The Labute approximate surface area is 160 Å². The van der Waals surface area contributed by atoms with E-state index >= 15 is 0 Å². The lowest BCUT2D eigenvalue weighted by atomic mass is 10.0. The van der Waals surface area contributed by atoms with Crippen molar-refractivity contribution in [1.29, 1.82) is 0 Å². The Kier molecular flexibility index (Phi) is 5.48. The summed E-state index contributed by atoms with van der Waals surface area (Å²) in [5.74, 6) is 0.381. The van der Waals surface area contributed by atoms with Crippen LogP contribution in [-0.2, 0) is 0 Å². The van der Waals surface area contributed by atoms with Crippen LogP contribution < -0.4 is 9.62 Å². The van der Waals surface area contributed by atoms with Crippen LogP contribution in [0.5, 0.6) is 0 Å². The molecule has 0 radical (unpaired) electrons. The minimum atomic E-state index is -2.81. The standard InChI is InChI=1S/C19H23ClN2O3S/c1-13(2)14-5-3-6-15(11-14)21-19(23)17-12-16(7-8-18(17)20)22-9-4-10-26(22,24)25/h3,5-8,11-13,24-25H,4,9-10H2,1-2H3,(H,21,23). The molecule has 2 aromatic rings. The van der Waals surface area contributed by atoms with Crippen molar-refractivity contribution in [2.75, 3.05) is 21.9 Å². The summed E-state index contributed by atoms with van der Waals surface area (Å²) in [5, 5.41) is 3.19. The molecule has 1 aliphatic rings. The van der Waals surface area contributed by atoms with E-state index in [0.717, 1.165) is 5.56 Å². The Morgan fingerprint density at radius 3 is 2.65 bits per heavy atom. The van der Waals surface area contributed by atoms with Crippen LogP contribution in [0.3, 0.4) is 0 Å². The minimum Gasteiger partial charge on any atom is -0.322 e. The Bertz CT molecular complexity index is 826. The average molecular weight is 395 g/mol. The molecular weight excluding hydrogens is 372 g/mol. The van der Waals surface area contributed by atoms with Crippen LogP contribution in [0.25, 0.3) is 0 Å². The number of anilines is 2. The number of nitrogens with zero attached hydrogens (tertiary/aromatic N) is 1. The fraction of sp³-hybridized carbons (Fsp3) is 0.316. The number of carbonyl (C=O) groups is 1. The highest BCUT2D eigenvalue weighted by atomic mass is 35.5. The summed E-state index contributed by atoms with van der Waals surface area (Å²) >= 11 is 6.22. The highest BCUT2D eigenvalue weighted by molar-refractivity contribution is 8.25. The van der Waals surface area contributed by atoms with Crippen LogP contribution in [0.2, 0.25) is 5.02 Å². The van der Waals surface area contributed by atoms with Gasteiger partial charge in [0.1, 0.15) is 0 Å². The molecule has 0 saturated carbocycles. The number of hydrogen-bond acceptors (Lipinski definition) is 4. The van der Waals surface area contributed by atoms with E-state index in [-0.39, 0.29) is 5.91 Å². The first-order valence-electron chi connectivity index (χ1n) is 8.52. The molecule has 0 bridgehead atoms. The molecule has 0 aliphatic carbocycles. The smallest absolute Gasteiger partial charge is 0.257 e. The number of benzene rings is 2. The highest BCUT2D eigenvalue weighted by Crippen LogP contribution is 2.51. The van der Waals surface area contributed by atoms with Gasteiger partial charge in [-0.25, -0.2) is 0 Å². The zero-order valence-corrected chi connectivity index (χ0v) is 16.3. The van der Waals surface area contributed by atoms with Crippen molar-refractivity contribution >= 4 is 39.7 Å². The second-order valence-electron chi connectivity index (χ2n) is 6.69. The zero-order chi connectivity index (χ0) is 18.9. The molecule has 3 rings (SSSR count). The molecule has 2 aromatic carbocycles. The molecule has 1 saturated heterocycles. The predicted octanol–water partition coefficient (Wildman–Crippen LogP) is 5.59. The molecule has 0 spiro atoms. The van der Waals surface area contributed by atoms with E-state index in [1.165, 1.54) is 0 Å². The van der Waals surface area contributed by atoms with Gasteiger partial charge in [0.25, 0.3) is 5.91 Å². The van der Waals surface area contributed by atoms with E-state index in [0.29, 0.717) is 46.6 Å². The number of nitrogens with one attached hydrogen (secondary N) is 1. The predicted molar refractivity (Wildman–Crippen MR) is 110 cm³/mol. The van der Waals surface area contributed by atoms with Gasteiger partial charge in [0.15, 0.2) is 0 Å². The van der Waals surface area contributed by atoms with Crippen molar-refractivity contribution in [3.05, 3.63) is 58.6 Å². The molecule has 26 heavy (non-hydrogen) atoms. The Morgan fingerprint density at radius 1 is 1.23 bits per heavy atom. The topological polar surface area (TPSA) is 72.8 Å². The van der Waals surface area contributed by atoms with Gasteiger partial charge >= 0.3 is 0 Å². The number of carbonyl (C=O) groups excluding carboxylic acids is 1. The molecule has 1 aliphatic heterocycles. The van der Waals surface area contributed by atoms with Gasteiger partial charge in [0.2, 0.25) is 0 Å². The molecule has 1 amide bonds. The van der Waals surface area contributed by atoms with Crippen molar-refractivity contribution in [1.82, 2.24) is 0 Å². The lowest BCUT2D eigenvalue weighted by molar-refractivity contribution is 0.102. The molecule has 3 N–H and O–H groups in total. The number of hydrogen-bond donors (Lipinski definition) is 3. The lowest BCUT2D eigenvalue weighted by Crippen LogP contribution is -2.22. The first kappa shape index (κ1) is 19.0. The molecule has 140 valence electrons. The van der Waals surface area contributed by atoms with Crippen LogP contribution >= 0.6 is 22.4 Å². The van der Waals surface area contributed by atoms with Crippen molar-refractivity contribution in [2.45, 2.75) is 26.2 Å². The van der Waals surface area contributed by atoms with Crippen molar-refractivity contribution in [2.24, 2.45) is 0 Å². The van der Waals surface area contributed by atoms with Crippen molar-refractivity contribution in [3.63, 3.8) is 0 Å². The first-order chi connectivity index (χ1) is 12.3. The summed E-state index contributed by atoms with van der Waals surface area (Å²) in [7, 11) is -2.81. The molecule has 1 fully saturated rings. The maximum Gasteiger partial charge on any atom is 0.257 e. The summed E-state index contributed by atoms with van der Waals surface area (Å²) in [6, 6.07) is 12.6. The molecule has 0 atom stereocenters. The summed E-state index contributed by atoms with van der Waals surface area (Å²) in [5.41, 5.74) is 2.73. The lowest BCUT2D eigenvalue weighted by Gasteiger charge is -2.38. The Balaban J connectivity index is 1.85. The molecule has 0 aromatic heterocycles. The van der Waals surface area contributed by atoms with Gasteiger partial charge in [0, 0.05) is 12.2 Å². The Hall–Kier alpha value is -1.73. The van der Waals surface area contributed by atoms with E-state index in [1.54, 1.807) is 22.5 Å². The van der Waals surface area contributed by atoms with E-state index < -0.39 is 10.8 Å². The monoisotopic (exact) mass is 394 g/mol. The van der Waals surface area contributed by atoms with Gasteiger partial charge in [-0.15, -0.1) is 10.8 Å². The van der Waals surface area contributed by atoms with Gasteiger partial charge in [-0.05, 0) is 48.2 Å². The average Bonchev–Trinajstić information content (AvgIpc) is 2.94.